The maximum absolute atomic E-state index is 11.6. The molecule has 0 amide bonds. The molecule has 0 spiro atoms. The number of rotatable bonds is 7. The fourth-order valence-electron chi connectivity index (χ4n) is 1.32. The molecule has 0 aliphatic heterocycles. The number of anilines is 1. The first-order valence-corrected chi connectivity index (χ1v) is 7.46. The van der Waals surface area contributed by atoms with Crippen LogP contribution >= 0.6 is 12.2 Å². The minimum absolute atomic E-state index is 0.410. The molecule has 0 saturated carbocycles. The standard InChI is InChI=1S/C11H17N3O2S2/c1-2-7-13-18(15,16)14-10-5-3-9(4-6-10)8-11(12)17/h3-6,13-14H,2,7-8H2,1H3,(H2,12,17). The topological polar surface area (TPSA) is 84.2 Å². The van der Waals surface area contributed by atoms with Gasteiger partial charge >= 0.3 is 0 Å². The molecule has 0 atom stereocenters. The molecule has 1 rings (SSSR count). The molecule has 5 nitrogen and oxygen atoms in total. The summed E-state index contributed by atoms with van der Waals surface area (Å²) in [5, 5.41) is 0. The van der Waals surface area contributed by atoms with Gasteiger partial charge in [0.2, 0.25) is 0 Å². The van der Waals surface area contributed by atoms with Crippen LogP contribution in [0.3, 0.4) is 0 Å². The monoisotopic (exact) mass is 287 g/mol. The second-order valence-corrected chi connectivity index (χ2v) is 5.86. The van der Waals surface area contributed by atoms with Crippen LogP contribution < -0.4 is 15.2 Å². The Hall–Kier alpha value is -1.18. The molecule has 1 aromatic rings. The lowest BCUT2D eigenvalue weighted by Crippen LogP contribution is -2.30. The Bertz CT molecular complexity index is 498. The van der Waals surface area contributed by atoms with Gasteiger partial charge in [0.1, 0.15) is 0 Å². The van der Waals surface area contributed by atoms with Crippen molar-refractivity contribution < 1.29 is 8.42 Å². The largest absolute Gasteiger partial charge is 0.393 e. The molecule has 0 radical (unpaired) electrons. The highest BCUT2D eigenvalue weighted by Crippen LogP contribution is 2.11. The SMILES string of the molecule is CCCNS(=O)(=O)Nc1ccc(CC(N)=S)cc1. The van der Waals surface area contributed by atoms with Crippen LogP contribution in [-0.2, 0) is 16.6 Å². The lowest BCUT2D eigenvalue weighted by atomic mass is 10.1. The predicted octanol–water partition coefficient (Wildman–Crippen LogP) is 1.17. The van der Waals surface area contributed by atoms with Gasteiger partial charge in [-0.2, -0.15) is 13.1 Å². The normalized spacial score (nSPS) is 11.2. The van der Waals surface area contributed by atoms with Gasteiger partial charge in [0.05, 0.1) is 4.99 Å². The highest BCUT2D eigenvalue weighted by atomic mass is 32.2. The van der Waals surface area contributed by atoms with Gasteiger partial charge < -0.3 is 5.73 Å². The van der Waals surface area contributed by atoms with Gasteiger partial charge in [0, 0.05) is 18.7 Å². The number of benzene rings is 1. The molecule has 0 unspecified atom stereocenters. The molecule has 0 aliphatic rings. The van der Waals surface area contributed by atoms with E-state index in [1.54, 1.807) is 24.3 Å². The van der Waals surface area contributed by atoms with Crippen LogP contribution in [0, 0.1) is 0 Å². The van der Waals surface area contributed by atoms with E-state index in [9.17, 15) is 8.42 Å². The van der Waals surface area contributed by atoms with Gasteiger partial charge in [0.15, 0.2) is 0 Å². The van der Waals surface area contributed by atoms with Gasteiger partial charge in [-0.1, -0.05) is 31.3 Å². The first-order chi connectivity index (χ1) is 8.43. The molecule has 4 N–H and O–H groups in total. The summed E-state index contributed by atoms with van der Waals surface area (Å²) in [5.41, 5.74) is 6.88. The van der Waals surface area contributed by atoms with E-state index in [4.69, 9.17) is 18.0 Å². The maximum atomic E-state index is 11.6. The summed E-state index contributed by atoms with van der Waals surface area (Å²) in [6.07, 6.45) is 1.25. The Balaban J connectivity index is 2.66. The zero-order chi connectivity index (χ0) is 13.6. The van der Waals surface area contributed by atoms with Gasteiger partial charge in [-0.05, 0) is 24.1 Å². The smallest absolute Gasteiger partial charge is 0.299 e. The van der Waals surface area contributed by atoms with E-state index in [0.717, 1.165) is 12.0 Å². The zero-order valence-electron chi connectivity index (χ0n) is 10.1. The average Bonchev–Trinajstić information content (AvgIpc) is 2.28. The Kier molecular flexibility index (Phi) is 5.52. The molecule has 0 heterocycles. The summed E-state index contributed by atoms with van der Waals surface area (Å²) in [4.78, 5) is 0.410. The number of hydrogen-bond acceptors (Lipinski definition) is 3. The quantitative estimate of drug-likeness (QED) is 0.657. The zero-order valence-corrected chi connectivity index (χ0v) is 11.8. The van der Waals surface area contributed by atoms with Crippen molar-refractivity contribution in [2.75, 3.05) is 11.3 Å². The highest BCUT2D eigenvalue weighted by molar-refractivity contribution is 7.90. The summed E-state index contributed by atoms with van der Waals surface area (Å²) in [6, 6.07) is 6.94. The van der Waals surface area contributed by atoms with Crippen molar-refractivity contribution in [3.63, 3.8) is 0 Å². The number of nitrogens with two attached hydrogens (primary N) is 1. The number of hydrogen-bond donors (Lipinski definition) is 3. The van der Waals surface area contributed by atoms with Crippen molar-refractivity contribution in [1.82, 2.24) is 4.72 Å². The highest BCUT2D eigenvalue weighted by Gasteiger charge is 2.08. The van der Waals surface area contributed by atoms with Gasteiger partial charge in [-0.15, -0.1) is 0 Å². The molecular formula is C11H17N3O2S2. The Morgan fingerprint density at radius 1 is 1.33 bits per heavy atom. The number of thiocarbonyl (C=S) groups is 1. The Morgan fingerprint density at radius 3 is 2.44 bits per heavy atom. The fraction of sp³-hybridized carbons (Fsp3) is 0.364. The molecule has 7 heteroatoms. The van der Waals surface area contributed by atoms with Gasteiger partial charge in [0.25, 0.3) is 10.2 Å². The van der Waals surface area contributed by atoms with E-state index in [2.05, 4.69) is 9.44 Å². The van der Waals surface area contributed by atoms with Crippen LogP contribution in [0.5, 0.6) is 0 Å². The van der Waals surface area contributed by atoms with Crippen LogP contribution in [0.25, 0.3) is 0 Å². The molecule has 0 aliphatic carbocycles. The van der Waals surface area contributed by atoms with E-state index in [1.807, 2.05) is 6.92 Å². The Labute approximate surface area is 113 Å². The van der Waals surface area contributed by atoms with Gasteiger partial charge in [-0.3, -0.25) is 4.72 Å². The average molecular weight is 287 g/mol. The van der Waals surface area contributed by atoms with E-state index < -0.39 is 10.2 Å². The number of nitrogens with one attached hydrogen (secondary N) is 2. The summed E-state index contributed by atoms with van der Waals surface area (Å²) >= 11 is 4.80. The van der Waals surface area contributed by atoms with Crippen molar-refractivity contribution in [2.45, 2.75) is 19.8 Å². The van der Waals surface area contributed by atoms with Crippen LogP contribution in [-0.4, -0.2) is 20.0 Å². The Morgan fingerprint density at radius 2 is 1.94 bits per heavy atom. The van der Waals surface area contributed by atoms with E-state index >= 15 is 0 Å². The molecule has 18 heavy (non-hydrogen) atoms. The van der Waals surface area contributed by atoms with E-state index in [0.29, 0.717) is 23.6 Å². The van der Waals surface area contributed by atoms with Crippen molar-refractivity contribution in [1.29, 1.82) is 0 Å². The van der Waals surface area contributed by atoms with E-state index in [1.165, 1.54) is 0 Å². The third kappa shape index (κ3) is 5.44. The molecule has 0 bridgehead atoms. The first-order valence-electron chi connectivity index (χ1n) is 5.57. The molecular weight excluding hydrogens is 270 g/mol. The summed E-state index contributed by atoms with van der Waals surface area (Å²) in [7, 11) is -3.48. The molecule has 0 aromatic heterocycles. The van der Waals surface area contributed by atoms with Crippen LogP contribution in [0.4, 0.5) is 5.69 Å². The van der Waals surface area contributed by atoms with Crippen LogP contribution in [0.15, 0.2) is 24.3 Å². The van der Waals surface area contributed by atoms with Crippen LogP contribution in [0.1, 0.15) is 18.9 Å². The molecule has 0 fully saturated rings. The van der Waals surface area contributed by atoms with Gasteiger partial charge in [-0.25, -0.2) is 0 Å². The third-order valence-corrected chi connectivity index (χ3v) is 3.36. The summed E-state index contributed by atoms with van der Waals surface area (Å²) < 4.78 is 28.0. The molecule has 1 aromatic carbocycles. The molecule has 100 valence electrons. The third-order valence-electron chi connectivity index (χ3n) is 2.13. The molecule has 0 saturated heterocycles. The maximum Gasteiger partial charge on any atom is 0.299 e. The van der Waals surface area contributed by atoms with Crippen molar-refractivity contribution >= 4 is 33.1 Å². The predicted molar refractivity (Wildman–Crippen MR) is 77.8 cm³/mol. The van der Waals surface area contributed by atoms with Crippen LogP contribution in [0.2, 0.25) is 0 Å². The second kappa shape index (κ2) is 6.67. The first kappa shape index (κ1) is 14.9. The minimum Gasteiger partial charge on any atom is -0.393 e. The summed E-state index contributed by atoms with van der Waals surface area (Å²) in [6.45, 7) is 2.31. The minimum atomic E-state index is -3.48. The lowest BCUT2D eigenvalue weighted by molar-refractivity contribution is 0.586. The summed E-state index contributed by atoms with van der Waals surface area (Å²) in [5.74, 6) is 0. The van der Waals surface area contributed by atoms with Crippen molar-refractivity contribution in [2.24, 2.45) is 5.73 Å². The van der Waals surface area contributed by atoms with Crippen molar-refractivity contribution in [3.05, 3.63) is 29.8 Å². The second-order valence-electron chi connectivity index (χ2n) is 3.84. The van der Waals surface area contributed by atoms with E-state index in [-0.39, 0.29) is 0 Å². The lowest BCUT2D eigenvalue weighted by Gasteiger charge is -2.09. The van der Waals surface area contributed by atoms with Crippen molar-refractivity contribution in [3.8, 4) is 0 Å². The fourth-order valence-corrected chi connectivity index (χ4v) is 2.48.